The van der Waals surface area contributed by atoms with E-state index in [1.807, 2.05) is 13.0 Å². The Bertz CT molecular complexity index is 1090. The van der Waals surface area contributed by atoms with E-state index in [0.29, 0.717) is 24.8 Å². The summed E-state index contributed by atoms with van der Waals surface area (Å²) in [5.74, 6) is -1.28. The summed E-state index contributed by atoms with van der Waals surface area (Å²) in [6, 6.07) is 11.9. The molecule has 2 heterocycles. The number of carbonyl (C=O) groups is 1. The minimum absolute atomic E-state index is 0.0323. The Morgan fingerprint density at radius 3 is 2.39 bits per heavy atom. The summed E-state index contributed by atoms with van der Waals surface area (Å²) < 4.78 is 31.8. The molecule has 0 spiro atoms. The lowest BCUT2D eigenvalue weighted by Gasteiger charge is -2.28. The molecule has 31 heavy (non-hydrogen) atoms. The minimum atomic E-state index is -1.07. The smallest absolute Gasteiger partial charge is 0.255 e. The molecule has 1 fully saturated rings. The molecule has 0 unspecified atom stereocenters. The van der Waals surface area contributed by atoms with Crippen LogP contribution in [-0.4, -0.2) is 42.2 Å². The van der Waals surface area contributed by atoms with E-state index in [0.717, 1.165) is 42.4 Å². The van der Waals surface area contributed by atoms with Gasteiger partial charge in [-0.2, -0.15) is 4.98 Å². The van der Waals surface area contributed by atoms with Gasteiger partial charge in [0, 0.05) is 41.8 Å². The Hall–Kier alpha value is -3.59. The highest BCUT2D eigenvalue weighted by Gasteiger charge is 2.14. The minimum Gasteiger partial charge on any atom is -0.378 e. The van der Waals surface area contributed by atoms with Gasteiger partial charge >= 0.3 is 0 Å². The molecule has 1 aliphatic rings. The number of rotatable bonds is 5. The molecule has 3 aromatic rings. The second kappa shape index (κ2) is 9.05. The molecule has 0 atom stereocenters. The lowest BCUT2D eigenvalue weighted by molar-refractivity contribution is 0.102. The van der Waals surface area contributed by atoms with Crippen molar-refractivity contribution in [2.45, 2.75) is 6.92 Å². The van der Waals surface area contributed by atoms with Gasteiger partial charge in [0.05, 0.1) is 13.2 Å². The molecule has 9 heteroatoms. The van der Waals surface area contributed by atoms with Crippen LogP contribution in [0.1, 0.15) is 16.1 Å². The van der Waals surface area contributed by atoms with Crippen LogP contribution in [0.4, 0.5) is 31.9 Å². The normalized spacial score (nSPS) is 13.7. The molecule has 2 N–H and O–H groups in total. The van der Waals surface area contributed by atoms with E-state index in [4.69, 9.17) is 4.74 Å². The van der Waals surface area contributed by atoms with Crippen LogP contribution in [-0.2, 0) is 4.74 Å². The molecule has 160 valence electrons. The number of halogens is 2. The van der Waals surface area contributed by atoms with E-state index in [2.05, 4.69) is 25.5 Å². The van der Waals surface area contributed by atoms with Crippen molar-refractivity contribution in [3.05, 3.63) is 71.4 Å². The SMILES string of the molecule is Cc1cc(N2CCOCC2)nc(Nc2ccc(NC(=O)c3ccc(F)c(F)c3)cc2)n1. The Balaban J connectivity index is 1.43. The topological polar surface area (TPSA) is 79.4 Å². The second-order valence-electron chi connectivity index (χ2n) is 7.08. The summed E-state index contributed by atoms with van der Waals surface area (Å²) in [6.07, 6.45) is 0. The van der Waals surface area contributed by atoms with E-state index in [9.17, 15) is 13.6 Å². The number of hydrogen-bond donors (Lipinski definition) is 2. The number of nitrogens with zero attached hydrogens (tertiary/aromatic N) is 3. The average molecular weight is 425 g/mol. The van der Waals surface area contributed by atoms with Gasteiger partial charge in [-0.1, -0.05) is 0 Å². The van der Waals surface area contributed by atoms with Gasteiger partial charge in [0.1, 0.15) is 5.82 Å². The second-order valence-corrected chi connectivity index (χ2v) is 7.08. The summed E-state index contributed by atoms with van der Waals surface area (Å²) in [7, 11) is 0. The predicted molar refractivity (Wildman–Crippen MR) is 114 cm³/mol. The van der Waals surface area contributed by atoms with Crippen LogP contribution in [0.5, 0.6) is 0 Å². The van der Waals surface area contributed by atoms with Gasteiger partial charge in [-0.25, -0.2) is 13.8 Å². The van der Waals surface area contributed by atoms with Crippen LogP contribution in [0, 0.1) is 18.6 Å². The van der Waals surface area contributed by atoms with Crippen LogP contribution >= 0.6 is 0 Å². The van der Waals surface area contributed by atoms with E-state index in [-0.39, 0.29) is 5.56 Å². The van der Waals surface area contributed by atoms with Crippen LogP contribution in [0.3, 0.4) is 0 Å². The zero-order chi connectivity index (χ0) is 21.8. The number of nitrogens with one attached hydrogen (secondary N) is 2. The number of benzene rings is 2. The van der Waals surface area contributed by atoms with E-state index >= 15 is 0 Å². The van der Waals surface area contributed by atoms with Gasteiger partial charge in [0.2, 0.25) is 5.95 Å². The maximum atomic E-state index is 13.3. The number of aryl methyl sites for hydroxylation is 1. The van der Waals surface area contributed by atoms with Crippen molar-refractivity contribution in [1.82, 2.24) is 9.97 Å². The Kier molecular flexibility index (Phi) is 6.03. The van der Waals surface area contributed by atoms with Crippen LogP contribution in [0.2, 0.25) is 0 Å². The zero-order valence-corrected chi connectivity index (χ0v) is 16.9. The Morgan fingerprint density at radius 1 is 0.968 bits per heavy atom. The molecule has 0 bridgehead atoms. The third-order valence-corrected chi connectivity index (χ3v) is 4.76. The fraction of sp³-hybridized carbons (Fsp3) is 0.227. The molecule has 1 amide bonds. The highest BCUT2D eigenvalue weighted by Crippen LogP contribution is 2.21. The third-order valence-electron chi connectivity index (χ3n) is 4.76. The maximum Gasteiger partial charge on any atom is 0.255 e. The summed E-state index contributed by atoms with van der Waals surface area (Å²) >= 11 is 0. The summed E-state index contributed by atoms with van der Waals surface area (Å²) in [5.41, 5.74) is 2.13. The first-order chi connectivity index (χ1) is 15.0. The van der Waals surface area contributed by atoms with Gasteiger partial charge in [-0.05, 0) is 49.4 Å². The number of aromatic nitrogens is 2. The number of carbonyl (C=O) groups excluding carboxylic acids is 1. The van der Waals surface area contributed by atoms with Crippen molar-refractivity contribution in [2.24, 2.45) is 0 Å². The number of hydrogen-bond acceptors (Lipinski definition) is 6. The van der Waals surface area contributed by atoms with Crippen LogP contribution in [0.15, 0.2) is 48.5 Å². The predicted octanol–water partition coefficient (Wildman–Crippen LogP) is 3.90. The van der Waals surface area contributed by atoms with Gasteiger partial charge in [0.15, 0.2) is 11.6 Å². The van der Waals surface area contributed by atoms with Crippen LogP contribution < -0.4 is 15.5 Å². The number of ether oxygens (including phenoxy) is 1. The molecule has 4 rings (SSSR count). The van der Waals surface area contributed by atoms with Crippen molar-refractivity contribution < 1.29 is 18.3 Å². The van der Waals surface area contributed by atoms with Crippen LogP contribution in [0.25, 0.3) is 0 Å². The van der Waals surface area contributed by atoms with E-state index < -0.39 is 17.5 Å². The van der Waals surface area contributed by atoms with Crippen molar-refractivity contribution in [2.75, 3.05) is 41.8 Å². The third kappa shape index (κ3) is 5.13. The largest absolute Gasteiger partial charge is 0.378 e. The average Bonchev–Trinajstić information content (AvgIpc) is 2.77. The summed E-state index contributed by atoms with van der Waals surface area (Å²) in [6.45, 7) is 4.81. The Morgan fingerprint density at radius 2 is 1.68 bits per heavy atom. The lowest BCUT2D eigenvalue weighted by Crippen LogP contribution is -2.36. The molecule has 1 saturated heterocycles. The molecule has 1 aliphatic heterocycles. The first-order valence-corrected chi connectivity index (χ1v) is 9.80. The number of morpholine rings is 1. The molecule has 0 aliphatic carbocycles. The van der Waals surface area contributed by atoms with Crippen molar-refractivity contribution in [1.29, 1.82) is 0 Å². The van der Waals surface area contributed by atoms with Gasteiger partial charge in [0.25, 0.3) is 5.91 Å². The highest BCUT2D eigenvalue weighted by atomic mass is 19.2. The molecule has 0 radical (unpaired) electrons. The highest BCUT2D eigenvalue weighted by molar-refractivity contribution is 6.04. The fourth-order valence-corrected chi connectivity index (χ4v) is 3.17. The molecular formula is C22H21F2N5O2. The lowest BCUT2D eigenvalue weighted by atomic mass is 10.2. The first-order valence-electron chi connectivity index (χ1n) is 9.80. The molecular weight excluding hydrogens is 404 g/mol. The Labute approximate surface area is 178 Å². The van der Waals surface area contributed by atoms with Gasteiger partial charge in [-0.3, -0.25) is 4.79 Å². The standard InChI is InChI=1S/C22H21F2N5O2/c1-14-12-20(29-8-10-31-11-9-29)28-22(25-14)27-17-5-3-16(4-6-17)26-21(30)15-2-7-18(23)19(24)13-15/h2-7,12-13H,8-11H2,1H3,(H,26,30)(H,25,27,28). The summed E-state index contributed by atoms with van der Waals surface area (Å²) in [5, 5.41) is 5.82. The van der Waals surface area contributed by atoms with E-state index in [1.165, 1.54) is 6.07 Å². The van der Waals surface area contributed by atoms with Crippen molar-refractivity contribution >= 4 is 29.0 Å². The molecule has 2 aromatic carbocycles. The van der Waals surface area contributed by atoms with Crippen molar-refractivity contribution in [3.63, 3.8) is 0 Å². The quantitative estimate of drug-likeness (QED) is 0.646. The molecule has 0 saturated carbocycles. The fourth-order valence-electron chi connectivity index (χ4n) is 3.17. The molecule has 1 aromatic heterocycles. The maximum absolute atomic E-state index is 13.3. The van der Waals surface area contributed by atoms with Gasteiger partial charge < -0.3 is 20.3 Å². The summed E-state index contributed by atoms with van der Waals surface area (Å²) in [4.78, 5) is 23.4. The molecule has 7 nitrogen and oxygen atoms in total. The first kappa shape index (κ1) is 20.7. The zero-order valence-electron chi connectivity index (χ0n) is 16.9. The van der Waals surface area contributed by atoms with Gasteiger partial charge in [-0.15, -0.1) is 0 Å². The number of anilines is 4. The van der Waals surface area contributed by atoms with E-state index in [1.54, 1.807) is 24.3 Å². The monoisotopic (exact) mass is 425 g/mol. The van der Waals surface area contributed by atoms with Crippen molar-refractivity contribution in [3.8, 4) is 0 Å². The number of amides is 1.